The quantitative estimate of drug-likeness (QED) is 0.160. The molecular formula is C30H36ClN5O6. The molecule has 2 heterocycles. The number of rotatable bonds is 15. The number of methoxy groups -OCH3 is 2. The van der Waals surface area contributed by atoms with Crippen LogP contribution in [0.5, 0.6) is 11.5 Å². The molecular weight excluding hydrogens is 562 g/mol. The fourth-order valence-corrected chi connectivity index (χ4v) is 5.07. The number of carbonyl (C=O) groups is 2. The number of aryl methyl sites for hydroxylation is 1. The Bertz CT molecular complexity index is 1540. The summed E-state index contributed by atoms with van der Waals surface area (Å²) in [7, 11) is 3.17. The first-order valence-corrected chi connectivity index (χ1v) is 14.3. The molecule has 12 heteroatoms. The second kappa shape index (κ2) is 14.7. The number of esters is 1. The number of amides is 1. The molecule has 1 amide bonds. The molecule has 0 spiro atoms. The lowest BCUT2D eigenvalue weighted by atomic mass is 10.1. The molecule has 0 fully saturated rings. The van der Waals surface area contributed by atoms with Crippen LogP contribution in [0.15, 0.2) is 42.5 Å². The van der Waals surface area contributed by atoms with E-state index < -0.39 is 5.97 Å². The number of anilines is 1. The van der Waals surface area contributed by atoms with Crippen molar-refractivity contribution in [2.24, 2.45) is 0 Å². The minimum Gasteiger partial charge on any atom is -0.493 e. The minimum absolute atomic E-state index is 0.165. The Hall–Kier alpha value is -4.09. The number of hydrogen-bond donors (Lipinski definition) is 1. The van der Waals surface area contributed by atoms with Crippen molar-refractivity contribution in [3.05, 3.63) is 53.9 Å². The Labute approximate surface area is 249 Å². The van der Waals surface area contributed by atoms with E-state index in [1.807, 2.05) is 30.3 Å². The molecule has 11 nitrogen and oxygen atoms in total. The van der Waals surface area contributed by atoms with Gasteiger partial charge in [-0.05, 0) is 25.5 Å². The monoisotopic (exact) mass is 597 g/mol. The zero-order valence-corrected chi connectivity index (χ0v) is 24.9. The maximum absolute atomic E-state index is 12.9. The summed E-state index contributed by atoms with van der Waals surface area (Å²) in [4.78, 5) is 35.8. The van der Waals surface area contributed by atoms with E-state index in [2.05, 4.69) is 9.55 Å². The van der Waals surface area contributed by atoms with E-state index in [1.165, 1.54) is 7.11 Å². The maximum Gasteiger partial charge on any atom is 0.344 e. The van der Waals surface area contributed by atoms with Crippen molar-refractivity contribution in [1.29, 1.82) is 0 Å². The summed E-state index contributed by atoms with van der Waals surface area (Å²) >= 11 is 6.01. The summed E-state index contributed by atoms with van der Waals surface area (Å²) in [6.45, 7) is 3.48. The van der Waals surface area contributed by atoms with Gasteiger partial charge < -0.3 is 34.1 Å². The molecule has 0 saturated carbocycles. The molecule has 0 atom stereocenters. The van der Waals surface area contributed by atoms with E-state index in [-0.39, 0.29) is 31.5 Å². The second-order valence-electron chi connectivity index (χ2n) is 9.48. The van der Waals surface area contributed by atoms with E-state index in [0.29, 0.717) is 55.4 Å². The fraction of sp³-hybridized carbons (Fsp3) is 0.400. The van der Waals surface area contributed by atoms with Crippen molar-refractivity contribution in [3.8, 4) is 11.5 Å². The van der Waals surface area contributed by atoms with Crippen LogP contribution in [-0.4, -0.2) is 77.8 Å². The predicted molar refractivity (Wildman–Crippen MR) is 161 cm³/mol. The molecule has 0 aliphatic carbocycles. The first kappa shape index (κ1) is 30.9. The molecule has 0 aliphatic heterocycles. The number of aromatic nitrogens is 3. The maximum atomic E-state index is 12.9. The summed E-state index contributed by atoms with van der Waals surface area (Å²) in [5.41, 5.74) is 9.38. The fourth-order valence-electron chi connectivity index (χ4n) is 4.90. The largest absolute Gasteiger partial charge is 0.493 e. The lowest BCUT2D eigenvalue weighted by Crippen LogP contribution is -2.33. The summed E-state index contributed by atoms with van der Waals surface area (Å²) in [6, 6.07) is 13.2. The zero-order chi connectivity index (χ0) is 30.1. The van der Waals surface area contributed by atoms with Crippen LogP contribution in [0.2, 0.25) is 0 Å². The number of pyridine rings is 1. The normalized spacial score (nSPS) is 11.1. The highest BCUT2D eigenvalue weighted by Gasteiger charge is 2.20. The van der Waals surface area contributed by atoms with Gasteiger partial charge in [-0.15, -0.1) is 11.6 Å². The molecule has 4 rings (SSSR count). The molecule has 0 unspecified atom stereocenters. The summed E-state index contributed by atoms with van der Waals surface area (Å²) in [6.07, 6.45) is 1.21. The van der Waals surface area contributed by atoms with Crippen LogP contribution < -0.4 is 15.2 Å². The third-order valence-electron chi connectivity index (χ3n) is 6.77. The summed E-state index contributed by atoms with van der Waals surface area (Å²) in [5, 5.41) is 0.955. The predicted octanol–water partition coefficient (Wildman–Crippen LogP) is 3.96. The lowest BCUT2D eigenvalue weighted by Gasteiger charge is -2.24. The van der Waals surface area contributed by atoms with E-state index in [9.17, 15) is 9.59 Å². The third-order valence-corrected chi connectivity index (χ3v) is 7.00. The van der Waals surface area contributed by atoms with Crippen LogP contribution >= 0.6 is 11.6 Å². The van der Waals surface area contributed by atoms with Gasteiger partial charge in [-0.3, -0.25) is 4.79 Å². The highest BCUT2D eigenvalue weighted by Crippen LogP contribution is 2.33. The van der Waals surface area contributed by atoms with E-state index in [1.54, 1.807) is 31.1 Å². The summed E-state index contributed by atoms with van der Waals surface area (Å²) in [5.74, 6) is 1.16. The van der Waals surface area contributed by atoms with Crippen LogP contribution in [0, 0.1) is 0 Å². The van der Waals surface area contributed by atoms with Gasteiger partial charge in [-0.25, -0.2) is 14.8 Å². The standard InChI is InChI=1S/C30H36ClN5O6/c1-4-41-26(38)19-42-23-12-7-9-20(29(23)40-3)18-35(25(37)17-31)14-8-15-36-24(13-16-39-2)34-27-28(36)21-10-5-6-11-22(21)33-30(27)32/h5-7,9-12H,4,8,13-19H2,1-3H3,(H2,32,33). The minimum atomic E-state index is -0.480. The molecule has 4 aromatic rings. The third kappa shape index (κ3) is 7.03. The van der Waals surface area contributed by atoms with Gasteiger partial charge in [0.15, 0.2) is 23.9 Å². The Morgan fingerprint density at radius 1 is 1.10 bits per heavy atom. The number of ether oxygens (including phenoxy) is 4. The highest BCUT2D eigenvalue weighted by atomic mass is 35.5. The molecule has 0 saturated heterocycles. The number of benzene rings is 2. The van der Waals surface area contributed by atoms with E-state index in [4.69, 9.17) is 41.3 Å². The van der Waals surface area contributed by atoms with Crippen LogP contribution in [0.4, 0.5) is 5.82 Å². The average molecular weight is 598 g/mol. The van der Waals surface area contributed by atoms with E-state index >= 15 is 0 Å². The topological polar surface area (TPSA) is 131 Å². The number of hydrogen-bond acceptors (Lipinski definition) is 9. The van der Waals surface area contributed by atoms with Crippen LogP contribution in [0.1, 0.15) is 24.7 Å². The first-order chi connectivity index (χ1) is 20.4. The van der Waals surface area contributed by atoms with Gasteiger partial charge in [-0.1, -0.05) is 30.3 Å². The number of imidazole rings is 1. The number of fused-ring (bicyclic) bond motifs is 3. The second-order valence-corrected chi connectivity index (χ2v) is 9.75. The highest BCUT2D eigenvalue weighted by molar-refractivity contribution is 6.27. The lowest BCUT2D eigenvalue weighted by molar-refractivity contribution is -0.145. The van der Waals surface area contributed by atoms with Crippen molar-refractivity contribution >= 4 is 51.2 Å². The van der Waals surface area contributed by atoms with Crippen molar-refractivity contribution in [2.45, 2.75) is 32.9 Å². The SMILES string of the molecule is CCOC(=O)COc1cccc(CN(CCCn2c(CCOC)nc3c(N)nc4ccccc4c32)C(=O)CCl)c1OC. The number of alkyl halides is 1. The molecule has 42 heavy (non-hydrogen) atoms. The molecule has 2 aromatic carbocycles. The van der Waals surface area contributed by atoms with Crippen molar-refractivity contribution in [1.82, 2.24) is 19.4 Å². The molecule has 224 valence electrons. The van der Waals surface area contributed by atoms with Gasteiger partial charge in [-0.2, -0.15) is 0 Å². The number of halogens is 1. The summed E-state index contributed by atoms with van der Waals surface area (Å²) < 4.78 is 23.7. The zero-order valence-electron chi connectivity index (χ0n) is 24.1. The van der Waals surface area contributed by atoms with Crippen LogP contribution in [0.25, 0.3) is 21.9 Å². The Morgan fingerprint density at radius 3 is 2.64 bits per heavy atom. The van der Waals surface area contributed by atoms with Crippen molar-refractivity contribution < 1.29 is 28.5 Å². The van der Waals surface area contributed by atoms with Gasteiger partial charge in [0.05, 0.1) is 31.4 Å². The average Bonchev–Trinajstić information content (AvgIpc) is 3.37. The van der Waals surface area contributed by atoms with Gasteiger partial charge in [0.25, 0.3) is 0 Å². The Morgan fingerprint density at radius 2 is 1.90 bits per heavy atom. The molecule has 0 bridgehead atoms. The molecule has 2 aromatic heterocycles. The number of para-hydroxylation sites is 2. The molecule has 0 radical (unpaired) electrons. The number of carbonyl (C=O) groups excluding carboxylic acids is 2. The molecule has 2 N–H and O–H groups in total. The van der Waals surface area contributed by atoms with Gasteiger partial charge in [0.2, 0.25) is 5.91 Å². The first-order valence-electron chi connectivity index (χ1n) is 13.7. The van der Waals surface area contributed by atoms with E-state index in [0.717, 1.165) is 27.8 Å². The number of nitrogens with two attached hydrogens (primary N) is 1. The van der Waals surface area contributed by atoms with Crippen LogP contribution in [-0.2, 0) is 38.6 Å². The Kier molecular flexibility index (Phi) is 10.8. The number of nitrogen functional groups attached to an aromatic ring is 1. The molecule has 0 aliphatic rings. The van der Waals surface area contributed by atoms with Gasteiger partial charge in [0.1, 0.15) is 17.2 Å². The smallest absolute Gasteiger partial charge is 0.344 e. The van der Waals surface area contributed by atoms with Crippen molar-refractivity contribution in [3.63, 3.8) is 0 Å². The van der Waals surface area contributed by atoms with Crippen LogP contribution in [0.3, 0.4) is 0 Å². The van der Waals surface area contributed by atoms with Gasteiger partial charge in [0, 0.05) is 44.1 Å². The van der Waals surface area contributed by atoms with Crippen molar-refractivity contribution in [2.75, 3.05) is 52.2 Å². The van der Waals surface area contributed by atoms with Gasteiger partial charge >= 0.3 is 5.97 Å². The Balaban J connectivity index is 1.57. The number of nitrogens with zero attached hydrogens (tertiary/aromatic N) is 4.